The third-order valence-corrected chi connectivity index (χ3v) is 2.83. The molecule has 1 aliphatic carbocycles. The molecule has 1 N–H and O–H groups in total. The molecule has 0 radical (unpaired) electrons. The third-order valence-electron chi connectivity index (χ3n) is 2.83. The van der Waals surface area contributed by atoms with Crippen molar-refractivity contribution in [2.45, 2.75) is 38.1 Å². The van der Waals surface area contributed by atoms with Crippen LogP contribution >= 0.6 is 12.4 Å². The molecule has 0 aromatic heterocycles. The Labute approximate surface area is 69.0 Å². The summed E-state index contributed by atoms with van der Waals surface area (Å²) in [6.07, 6.45) is 7.32. The average Bonchev–Trinajstić information content (AvgIpc) is 1.94. The van der Waals surface area contributed by atoms with Crippen molar-refractivity contribution in [2.24, 2.45) is 5.92 Å². The third kappa shape index (κ3) is 1.46. The molecule has 1 aliphatic heterocycles. The molecule has 2 atom stereocenters. The van der Waals surface area contributed by atoms with Gasteiger partial charge in [0, 0.05) is 6.04 Å². The monoisotopic (exact) mass is 161 g/mol. The predicted octanol–water partition coefficient (Wildman–Crippen LogP) is 1.96. The second kappa shape index (κ2) is 3.59. The highest BCUT2D eigenvalue weighted by atomic mass is 35.5. The van der Waals surface area contributed by atoms with Gasteiger partial charge in [-0.05, 0) is 38.1 Å². The topological polar surface area (TPSA) is 12.0 Å². The molecule has 0 aromatic rings. The zero-order chi connectivity index (χ0) is 6.10. The molecule has 0 spiro atoms. The van der Waals surface area contributed by atoms with Gasteiger partial charge in [0.25, 0.3) is 0 Å². The summed E-state index contributed by atoms with van der Waals surface area (Å²) >= 11 is 0. The van der Waals surface area contributed by atoms with Gasteiger partial charge in [0.05, 0.1) is 0 Å². The highest BCUT2D eigenvalue weighted by Crippen LogP contribution is 2.33. The smallest absolute Gasteiger partial charge is 0.00954 e. The van der Waals surface area contributed by atoms with Gasteiger partial charge in [-0.3, -0.25) is 0 Å². The lowest BCUT2D eigenvalue weighted by molar-refractivity contribution is 0.215. The van der Waals surface area contributed by atoms with Crippen LogP contribution in [0.5, 0.6) is 0 Å². The number of fused-ring (bicyclic) bond motifs is 1. The molecule has 0 aromatic carbocycles. The van der Waals surface area contributed by atoms with Crippen molar-refractivity contribution < 1.29 is 0 Å². The Bertz CT molecular complexity index is 93.4. The second-order valence-electron chi connectivity index (χ2n) is 3.39. The van der Waals surface area contributed by atoms with E-state index in [2.05, 4.69) is 5.32 Å². The Morgan fingerprint density at radius 3 is 2.60 bits per heavy atom. The van der Waals surface area contributed by atoms with Gasteiger partial charge in [-0.15, -0.1) is 12.4 Å². The highest BCUT2D eigenvalue weighted by molar-refractivity contribution is 5.85. The van der Waals surface area contributed by atoms with Gasteiger partial charge in [-0.2, -0.15) is 0 Å². The van der Waals surface area contributed by atoms with E-state index in [4.69, 9.17) is 0 Å². The van der Waals surface area contributed by atoms with E-state index in [1.807, 2.05) is 0 Å². The average molecular weight is 162 g/mol. The molecule has 2 heteroatoms. The van der Waals surface area contributed by atoms with Crippen LogP contribution in [-0.2, 0) is 0 Å². The molecule has 10 heavy (non-hydrogen) atoms. The SMILES string of the molecule is C1CC[C@H]2CC[C@H]2NC1.Cl. The van der Waals surface area contributed by atoms with Crippen LogP contribution < -0.4 is 5.32 Å². The molecular weight excluding hydrogens is 146 g/mol. The molecule has 2 aliphatic rings. The summed E-state index contributed by atoms with van der Waals surface area (Å²) in [4.78, 5) is 0. The Morgan fingerprint density at radius 1 is 1.00 bits per heavy atom. The number of rotatable bonds is 0. The number of hydrogen-bond acceptors (Lipinski definition) is 1. The number of nitrogens with one attached hydrogen (secondary N) is 1. The van der Waals surface area contributed by atoms with Crippen LogP contribution in [0.1, 0.15) is 32.1 Å². The molecule has 2 fully saturated rings. The maximum Gasteiger partial charge on any atom is 0.00954 e. The van der Waals surface area contributed by atoms with Gasteiger partial charge in [0.15, 0.2) is 0 Å². The normalized spacial score (nSPS) is 38.4. The molecule has 0 bridgehead atoms. The molecule has 1 heterocycles. The Hall–Kier alpha value is 0.250. The van der Waals surface area contributed by atoms with Crippen molar-refractivity contribution in [2.75, 3.05) is 6.54 Å². The summed E-state index contributed by atoms with van der Waals surface area (Å²) in [7, 11) is 0. The maximum atomic E-state index is 3.58. The largest absolute Gasteiger partial charge is 0.314 e. The van der Waals surface area contributed by atoms with Gasteiger partial charge in [-0.1, -0.05) is 6.42 Å². The van der Waals surface area contributed by atoms with E-state index in [9.17, 15) is 0 Å². The van der Waals surface area contributed by atoms with Crippen molar-refractivity contribution in [3.8, 4) is 0 Å². The molecule has 0 amide bonds. The molecule has 0 unspecified atom stereocenters. The quantitative estimate of drug-likeness (QED) is 0.573. The highest BCUT2D eigenvalue weighted by Gasteiger charge is 2.30. The van der Waals surface area contributed by atoms with Crippen molar-refractivity contribution in [1.82, 2.24) is 5.32 Å². The van der Waals surface area contributed by atoms with Gasteiger partial charge in [0.1, 0.15) is 0 Å². The van der Waals surface area contributed by atoms with E-state index in [-0.39, 0.29) is 12.4 Å². The first-order valence-corrected chi connectivity index (χ1v) is 4.20. The zero-order valence-corrected chi connectivity index (χ0v) is 7.12. The van der Waals surface area contributed by atoms with Crippen LogP contribution in [0.25, 0.3) is 0 Å². The summed E-state index contributed by atoms with van der Waals surface area (Å²) in [5, 5.41) is 3.58. The molecule has 1 saturated heterocycles. The summed E-state index contributed by atoms with van der Waals surface area (Å²) in [5.41, 5.74) is 0. The van der Waals surface area contributed by atoms with Crippen LogP contribution in [0.3, 0.4) is 0 Å². The van der Waals surface area contributed by atoms with E-state index in [0.717, 1.165) is 12.0 Å². The van der Waals surface area contributed by atoms with E-state index in [1.165, 1.54) is 38.6 Å². The minimum absolute atomic E-state index is 0. The van der Waals surface area contributed by atoms with E-state index in [1.54, 1.807) is 0 Å². The zero-order valence-electron chi connectivity index (χ0n) is 6.31. The summed E-state index contributed by atoms with van der Waals surface area (Å²) in [6.45, 7) is 1.28. The first-order chi connectivity index (χ1) is 4.47. The molecule has 60 valence electrons. The molecular formula is C8H16ClN. The van der Waals surface area contributed by atoms with Crippen molar-refractivity contribution in [3.63, 3.8) is 0 Å². The van der Waals surface area contributed by atoms with Crippen molar-refractivity contribution in [3.05, 3.63) is 0 Å². The van der Waals surface area contributed by atoms with Gasteiger partial charge in [0.2, 0.25) is 0 Å². The number of hydrogen-bond donors (Lipinski definition) is 1. The lowest BCUT2D eigenvalue weighted by Crippen LogP contribution is -2.42. The van der Waals surface area contributed by atoms with E-state index < -0.39 is 0 Å². The van der Waals surface area contributed by atoms with Crippen molar-refractivity contribution >= 4 is 12.4 Å². The van der Waals surface area contributed by atoms with E-state index >= 15 is 0 Å². The van der Waals surface area contributed by atoms with Gasteiger partial charge in [-0.25, -0.2) is 0 Å². The second-order valence-corrected chi connectivity index (χ2v) is 3.39. The first kappa shape index (κ1) is 8.35. The lowest BCUT2D eigenvalue weighted by Gasteiger charge is -2.35. The van der Waals surface area contributed by atoms with Gasteiger partial charge < -0.3 is 5.32 Å². The fourth-order valence-electron chi connectivity index (χ4n) is 2.00. The van der Waals surface area contributed by atoms with E-state index in [0.29, 0.717) is 0 Å². The molecule has 1 nitrogen and oxygen atoms in total. The Morgan fingerprint density at radius 2 is 1.90 bits per heavy atom. The lowest BCUT2D eigenvalue weighted by atomic mass is 9.77. The molecule has 2 rings (SSSR count). The fourth-order valence-corrected chi connectivity index (χ4v) is 2.00. The van der Waals surface area contributed by atoms with Crippen molar-refractivity contribution in [1.29, 1.82) is 0 Å². The minimum atomic E-state index is 0. The predicted molar refractivity (Wildman–Crippen MR) is 45.6 cm³/mol. The standard InChI is InChI=1S/C8H15N.ClH/c1-2-6-9-8-5-4-7(8)3-1;/h7-9H,1-6H2;1H/t7-,8+;/m0./s1. The van der Waals surface area contributed by atoms with Crippen LogP contribution in [0, 0.1) is 5.92 Å². The fraction of sp³-hybridized carbons (Fsp3) is 1.00. The molecule has 1 saturated carbocycles. The van der Waals surface area contributed by atoms with Crippen LogP contribution in [0.2, 0.25) is 0 Å². The Kier molecular flexibility index (Phi) is 2.99. The minimum Gasteiger partial charge on any atom is -0.314 e. The van der Waals surface area contributed by atoms with Crippen LogP contribution in [0.4, 0.5) is 0 Å². The summed E-state index contributed by atoms with van der Waals surface area (Å²) in [6, 6.07) is 0.924. The number of halogens is 1. The summed E-state index contributed by atoms with van der Waals surface area (Å²) in [5.74, 6) is 1.06. The Balaban J connectivity index is 0.000000500. The maximum absolute atomic E-state index is 3.58. The summed E-state index contributed by atoms with van der Waals surface area (Å²) < 4.78 is 0. The van der Waals surface area contributed by atoms with Crippen LogP contribution in [0.15, 0.2) is 0 Å². The first-order valence-electron chi connectivity index (χ1n) is 4.20. The van der Waals surface area contributed by atoms with Gasteiger partial charge >= 0.3 is 0 Å². The van der Waals surface area contributed by atoms with Crippen LogP contribution in [-0.4, -0.2) is 12.6 Å².